The first-order valence-electron chi connectivity index (χ1n) is 10.5. The number of anilines is 2. The summed E-state index contributed by atoms with van der Waals surface area (Å²) < 4.78 is 5.45. The van der Waals surface area contributed by atoms with E-state index >= 15 is 0 Å². The molecule has 1 saturated heterocycles. The Kier molecular flexibility index (Phi) is 6.55. The fraction of sp³-hybridized carbons (Fsp3) is 0.500. The number of ether oxygens (including phenoxy) is 1. The van der Waals surface area contributed by atoms with E-state index in [2.05, 4.69) is 44.9 Å². The second-order valence-corrected chi connectivity index (χ2v) is 8.78. The summed E-state index contributed by atoms with van der Waals surface area (Å²) in [6.07, 6.45) is 5.49. The fourth-order valence-electron chi connectivity index (χ4n) is 4.25. The zero-order valence-electron chi connectivity index (χ0n) is 17.9. The number of amides is 1. The first kappa shape index (κ1) is 21.1. The highest BCUT2D eigenvalue weighted by Gasteiger charge is 2.28. The number of nitrogens with zero attached hydrogens (tertiary/aromatic N) is 5. The van der Waals surface area contributed by atoms with Crippen LogP contribution in [0.1, 0.15) is 32.3 Å². The molecule has 2 aliphatic rings. The predicted octanol–water partition coefficient (Wildman–Crippen LogP) is 3.52. The lowest BCUT2D eigenvalue weighted by Crippen LogP contribution is -2.46. The Hall–Kier alpha value is -2.16. The number of aromatic nitrogens is 2. The zero-order chi connectivity index (χ0) is 21.1. The van der Waals surface area contributed by atoms with Crippen LogP contribution < -0.4 is 4.90 Å². The summed E-state index contributed by atoms with van der Waals surface area (Å²) in [5, 5.41) is 0.878. The third-order valence-corrected chi connectivity index (χ3v) is 6.93. The van der Waals surface area contributed by atoms with Gasteiger partial charge in [0.25, 0.3) is 0 Å². The van der Waals surface area contributed by atoms with Gasteiger partial charge in [0.2, 0.25) is 5.91 Å². The SMILES string of the molecule is CCN1CCC(N(Cc2ccc3c(c2)N(COC)c2nccnc2S3)C(C)=O)CC1. The molecule has 3 heterocycles. The summed E-state index contributed by atoms with van der Waals surface area (Å²) in [6.45, 7) is 8.10. The quantitative estimate of drug-likeness (QED) is 0.699. The predicted molar refractivity (Wildman–Crippen MR) is 118 cm³/mol. The van der Waals surface area contributed by atoms with Crippen LogP contribution in [0.25, 0.3) is 0 Å². The maximum atomic E-state index is 12.5. The van der Waals surface area contributed by atoms with E-state index in [4.69, 9.17) is 4.74 Å². The van der Waals surface area contributed by atoms with E-state index in [1.807, 2.05) is 4.90 Å². The molecule has 0 aliphatic carbocycles. The molecule has 0 spiro atoms. The van der Waals surface area contributed by atoms with Crippen LogP contribution in [0.5, 0.6) is 0 Å². The molecule has 4 rings (SSSR count). The Labute approximate surface area is 182 Å². The van der Waals surface area contributed by atoms with E-state index in [0.29, 0.717) is 19.3 Å². The molecule has 0 radical (unpaired) electrons. The van der Waals surface area contributed by atoms with Gasteiger partial charge in [-0.15, -0.1) is 0 Å². The van der Waals surface area contributed by atoms with E-state index in [0.717, 1.165) is 59.5 Å². The maximum absolute atomic E-state index is 12.5. The minimum Gasteiger partial charge on any atom is -0.364 e. The van der Waals surface area contributed by atoms with Crippen molar-refractivity contribution in [2.75, 3.05) is 38.4 Å². The number of carbonyl (C=O) groups is 1. The molecule has 7 nitrogen and oxygen atoms in total. The highest BCUT2D eigenvalue weighted by Crippen LogP contribution is 2.46. The number of hydrogen-bond donors (Lipinski definition) is 0. The van der Waals surface area contributed by atoms with Crippen LogP contribution in [-0.2, 0) is 16.1 Å². The van der Waals surface area contributed by atoms with Crippen molar-refractivity contribution in [2.24, 2.45) is 0 Å². The Bertz CT molecular complexity index is 901. The molecule has 0 N–H and O–H groups in total. The van der Waals surface area contributed by atoms with Crippen molar-refractivity contribution >= 4 is 29.2 Å². The lowest BCUT2D eigenvalue weighted by Gasteiger charge is -2.38. The van der Waals surface area contributed by atoms with Crippen LogP contribution in [0.3, 0.4) is 0 Å². The summed E-state index contributed by atoms with van der Waals surface area (Å²) in [6, 6.07) is 6.70. The summed E-state index contributed by atoms with van der Waals surface area (Å²) in [5.74, 6) is 0.950. The standard InChI is InChI=1S/C22H29N5O2S/c1-4-25-11-7-18(8-12-25)26(16(2)28)14-17-5-6-20-19(13-17)27(15-29-3)21-22(30-20)24-10-9-23-21/h5-6,9-10,13,18H,4,7-8,11-12,14-15H2,1-3H3. The van der Waals surface area contributed by atoms with E-state index in [1.165, 1.54) is 0 Å². The highest BCUT2D eigenvalue weighted by atomic mass is 32.2. The molecule has 30 heavy (non-hydrogen) atoms. The lowest BCUT2D eigenvalue weighted by atomic mass is 10.0. The number of hydrogen-bond acceptors (Lipinski definition) is 7. The zero-order valence-corrected chi connectivity index (χ0v) is 18.7. The Morgan fingerprint density at radius 2 is 2.03 bits per heavy atom. The first-order chi connectivity index (χ1) is 14.6. The van der Waals surface area contributed by atoms with Gasteiger partial charge in [0.05, 0.1) is 5.69 Å². The number of piperidine rings is 1. The molecule has 0 saturated carbocycles. The van der Waals surface area contributed by atoms with Gasteiger partial charge in [-0.05, 0) is 37.1 Å². The molecular formula is C22H29N5O2S. The van der Waals surface area contributed by atoms with Crippen LogP contribution in [0.2, 0.25) is 0 Å². The monoisotopic (exact) mass is 427 g/mol. The lowest BCUT2D eigenvalue weighted by molar-refractivity contribution is -0.132. The minimum absolute atomic E-state index is 0.141. The third-order valence-electron chi connectivity index (χ3n) is 5.88. The molecule has 1 aromatic heterocycles. The van der Waals surface area contributed by atoms with Gasteiger partial charge in [-0.1, -0.05) is 24.8 Å². The van der Waals surface area contributed by atoms with Gasteiger partial charge in [0.15, 0.2) is 5.82 Å². The smallest absolute Gasteiger partial charge is 0.219 e. The average molecular weight is 428 g/mol. The average Bonchev–Trinajstić information content (AvgIpc) is 2.77. The number of fused-ring (bicyclic) bond motifs is 2. The third kappa shape index (κ3) is 4.31. The first-order valence-corrected chi connectivity index (χ1v) is 11.3. The van der Waals surface area contributed by atoms with Crippen LogP contribution in [-0.4, -0.2) is 65.2 Å². The van der Waals surface area contributed by atoms with Gasteiger partial charge in [0, 0.05) is 57.0 Å². The van der Waals surface area contributed by atoms with Crippen molar-refractivity contribution in [3.63, 3.8) is 0 Å². The van der Waals surface area contributed by atoms with Crippen molar-refractivity contribution in [1.82, 2.24) is 19.8 Å². The normalized spacial score (nSPS) is 16.8. The minimum atomic E-state index is 0.141. The maximum Gasteiger partial charge on any atom is 0.219 e. The molecule has 2 aliphatic heterocycles. The molecule has 0 unspecified atom stereocenters. The van der Waals surface area contributed by atoms with Crippen LogP contribution in [0.4, 0.5) is 11.5 Å². The molecule has 1 fully saturated rings. The molecule has 2 aromatic rings. The molecule has 1 amide bonds. The molecule has 8 heteroatoms. The van der Waals surface area contributed by atoms with Crippen LogP contribution in [0.15, 0.2) is 40.5 Å². The van der Waals surface area contributed by atoms with Crippen molar-refractivity contribution < 1.29 is 9.53 Å². The fourth-order valence-corrected chi connectivity index (χ4v) is 5.24. The van der Waals surface area contributed by atoms with Gasteiger partial charge >= 0.3 is 0 Å². The number of methoxy groups -OCH3 is 1. The van der Waals surface area contributed by atoms with Crippen molar-refractivity contribution in [1.29, 1.82) is 0 Å². The molecule has 0 atom stereocenters. The van der Waals surface area contributed by atoms with Gasteiger partial charge in [-0.3, -0.25) is 9.69 Å². The summed E-state index contributed by atoms with van der Waals surface area (Å²) in [4.78, 5) is 29.1. The molecule has 0 bridgehead atoms. The highest BCUT2D eigenvalue weighted by molar-refractivity contribution is 7.99. The number of benzene rings is 1. The van der Waals surface area contributed by atoms with Gasteiger partial charge in [-0.2, -0.15) is 0 Å². The van der Waals surface area contributed by atoms with Gasteiger partial charge in [-0.25, -0.2) is 9.97 Å². The molecular weight excluding hydrogens is 398 g/mol. The second-order valence-electron chi connectivity index (χ2n) is 7.75. The van der Waals surface area contributed by atoms with Crippen LogP contribution >= 0.6 is 11.8 Å². The van der Waals surface area contributed by atoms with Gasteiger partial charge in [0.1, 0.15) is 11.8 Å². The number of carbonyl (C=O) groups excluding carboxylic acids is 1. The summed E-state index contributed by atoms with van der Waals surface area (Å²) in [5.41, 5.74) is 2.17. The Morgan fingerprint density at radius 3 is 2.73 bits per heavy atom. The van der Waals surface area contributed by atoms with Gasteiger partial charge < -0.3 is 14.5 Å². The second kappa shape index (κ2) is 9.32. The summed E-state index contributed by atoms with van der Waals surface area (Å²) >= 11 is 1.62. The Balaban J connectivity index is 1.57. The van der Waals surface area contributed by atoms with Crippen LogP contribution in [0, 0.1) is 0 Å². The van der Waals surface area contributed by atoms with E-state index in [1.54, 1.807) is 38.2 Å². The topological polar surface area (TPSA) is 61.8 Å². The summed E-state index contributed by atoms with van der Waals surface area (Å²) in [7, 11) is 1.68. The van der Waals surface area contributed by atoms with Crippen molar-refractivity contribution in [2.45, 2.75) is 49.2 Å². The van der Waals surface area contributed by atoms with E-state index < -0.39 is 0 Å². The number of rotatable bonds is 6. The largest absolute Gasteiger partial charge is 0.364 e. The molecule has 160 valence electrons. The number of likely N-dealkylation sites (tertiary alicyclic amines) is 1. The van der Waals surface area contributed by atoms with Crippen molar-refractivity contribution in [3.8, 4) is 0 Å². The Morgan fingerprint density at radius 1 is 1.27 bits per heavy atom. The van der Waals surface area contributed by atoms with Crippen molar-refractivity contribution in [3.05, 3.63) is 36.2 Å². The van der Waals surface area contributed by atoms with E-state index in [-0.39, 0.29) is 5.91 Å². The van der Waals surface area contributed by atoms with E-state index in [9.17, 15) is 4.79 Å². The molecule has 1 aromatic carbocycles.